The van der Waals surface area contributed by atoms with Crippen LogP contribution in [0.25, 0.3) is 0 Å². The molecular weight excluding hydrogens is 294 g/mol. The molecule has 2 rings (SSSR count). The number of benzene rings is 1. The lowest BCUT2D eigenvalue weighted by atomic mass is 10.1. The Labute approximate surface area is 122 Å². The van der Waals surface area contributed by atoms with Crippen molar-refractivity contribution in [3.8, 4) is 0 Å². The zero-order chi connectivity index (χ0) is 15.6. The third-order valence-electron chi connectivity index (χ3n) is 3.11. The number of hydrogen-bond donors (Lipinski definition) is 1. The van der Waals surface area contributed by atoms with Crippen LogP contribution in [0.2, 0.25) is 0 Å². The summed E-state index contributed by atoms with van der Waals surface area (Å²) >= 11 is 0. The van der Waals surface area contributed by atoms with Crippen LogP contribution in [0.3, 0.4) is 0 Å². The number of rotatable bonds is 5. The van der Waals surface area contributed by atoms with Crippen molar-refractivity contribution in [3.05, 3.63) is 53.5 Å². The Morgan fingerprint density at radius 1 is 1.33 bits per heavy atom. The van der Waals surface area contributed by atoms with E-state index in [-0.39, 0.29) is 17.0 Å². The van der Waals surface area contributed by atoms with E-state index in [4.69, 9.17) is 9.52 Å². The molecule has 0 radical (unpaired) electrons. The fraction of sp³-hybridized carbons (Fsp3) is 0.214. The summed E-state index contributed by atoms with van der Waals surface area (Å²) in [6.07, 6.45) is 1.46. The summed E-state index contributed by atoms with van der Waals surface area (Å²) in [5.74, 6) is -0.648. The van der Waals surface area contributed by atoms with Crippen LogP contribution >= 0.6 is 0 Å². The van der Waals surface area contributed by atoms with Gasteiger partial charge in [-0.2, -0.15) is 4.31 Å². The molecule has 0 fully saturated rings. The van der Waals surface area contributed by atoms with Crippen molar-refractivity contribution in [2.45, 2.75) is 18.4 Å². The van der Waals surface area contributed by atoms with Gasteiger partial charge in [-0.25, -0.2) is 13.2 Å². The highest BCUT2D eigenvalue weighted by Crippen LogP contribution is 2.20. The first kappa shape index (κ1) is 15.3. The standard InChI is InChI=1S/C14H15NO5S/c1-10-5-6-12(8-13(10)14(16)17)21(18,19)15(2)9-11-4-3-7-20-11/h3-8H,9H2,1-2H3,(H,16,17). The van der Waals surface area contributed by atoms with E-state index < -0.39 is 16.0 Å². The number of furan rings is 1. The number of aromatic carboxylic acids is 1. The normalized spacial score (nSPS) is 11.8. The predicted octanol–water partition coefficient (Wildman–Crippen LogP) is 2.11. The third-order valence-corrected chi connectivity index (χ3v) is 4.91. The minimum absolute atomic E-state index is 0.0255. The van der Waals surface area contributed by atoms with E-state index in [1.54, 1.807) is 19.1 Å². The first-order valence-electron chi connectivity index (χ1n) is 6.15. The van der Waals surface area contributed by atoms with Gasteiger partial charge in [-0.15, -0.1) is 0 Å². The maximum absolute atomic E-state index is 12.4. The van der Waals surface area contributed by atoms with Gasteiger partial charge >= 0.3 is 5.97 Å². The summed E-state index contributed by atoms with van der Waals surface area (Å²) in [7, 11) is -2.36. The van der Waals surface area contributed by atoms with Crippen LogP contribution in [0.4, 0.5) is 0 Å². The van der Waals surface area contributed by atoms with Crippen LogP contribution in [-0.2, 0) is 16.6 Å². The molecule has 6 nitrogen and oxygen atoms in total. The number of hydrogen-bond acceptors (Lipinski definition) is 4. The maximum Gasteiger partial charge on any atom is 0.335 e. The number of nitrogens with zero attached hydrogens (tertiary/aromatic N) is 1. The second kappa shape index (κ2) is 5.71. The van der Waals surface area contributed by atoms with Crippen molar-refractivity contribution < 1.29 is 22.7 Å². The van der Waals surface area contributed by atoms with Crippen LogP contribution in [0.15, 0.2) is 45.9 Å². The van der Waals surface area contributed by atoms with Gasteiger partial charge in [-0.05, 0) is 36.8 Å². The van der Waals surface area contributed by atoms with E-state index in [0.29, 0.717) is 11.3 Å². The average Bonchev–Trinajstić information content (AvgIpc) is 2.91. The largest absolute Gasteiger partial charge is 0.478 e. The van der Waals surface area contributed by atoms with Crippen molar-refractivity contribution in [2.75, 3.05) is 7.05 Å². The van der Waals surface area contributed by atoms with Crippen molar-refractivity contribution in [1.82, 2.24) is 4.31 Å². The first-order chi connectivity index (χ1) is 9.82. The molecule has 21 heavy (non-hydrogen) atoms. The highest BCUT2D eigenvalue weighted by Gasteiger charge is 2.23. The molecule has 0 aliphatic carbocycles. The summed E-state index contributed by atoms with van der Waals surface area (Å²) < 4.78 is 31.1. The monoisotopic (exact) mass is 309 g/mol. The van der Waals surface area contributed by atoms with Gasteiger partial charge in [0, 0.05) is 7.05 Å². The highest BCUT2D eigenvalue weighted by atomic mass is 32.2. The molecule has 1 N–H and O–H groups in total. The third kappa shape index (κ3) is 3.14. The van der Waals surface area contributed by atoms with Gasteiger partial charge in [-0.3, -0.25) is 0 Å². The predicted molar refractivity (Wildman–Crippen MR) is 75.5 cm³/mol. The molecule has 1 aromatic carbocycles. The molecular formula is C14H15NO5S. The van der Waals surface area contributed by atoms with Gasteiger partial charge in [0.15, 0.2) is 0 Å². The minimum atomic E-state index is -3.78. The van der Waals surface area contributed by atoms with Gasteiger partial charge in [0.05, 0.1) is 23.3 Å². The molecule has 0 atom stereocenters. The summed E-state index contributed by atoms with van der Waals surface area (Å²) in [6, 6.07) is 7.40. The quantitative estimate of drug-likeness (QED) is 0.914. The van der Waals surface area contributed by atoms with Gasteiger partial charge in [-0.1, -0.05) is 6.07 Å². The summed E-state index contributed by atoms with van der Waals surface area (Å²) in [4.78, 5) is 11.0. The lowest BCUT2D eigenvalue weighted by molar-refractivity contribution is 0.0696. The Hall–Kier alpha value is -2.12. The molecule has 1 heterocycles. The summed E-state index contributed by atoms with van der Waals surface area (Å²) in [5.41, 5.74) is 0.484. The van der Waals surface area contributed by atoms with E-state index in [2.05, 4.69) is 0 Å². The molecule has 2 aromatic rings. The van der Waals surface area contributed by atoms with Crippen LogP contribution in [0.1, 0.15) is 21.7 Å². The number of sulfonamides is 1. The lowest BCUT2D eigenvalue weighted by Gasteiger charge is -2.16. The zero-order valence-corrected chi connectivity index (χ0v) is 12.4. The van der Waals surface area contributed by atoms with Gasteiger partial charge in [0.2, 0.25) is 10.0 Å². The molecule has 0 unspecified atom stereocenters. The van der Waals surface area contributed by atoms with E-state index in [9.17, 15) is 13.2 Å². The number of carboxylic acids is 1. The molecule has 0 saturated carbocycles. The van der Waals surface area contributed by atoms with Crippen molar-refractivity contribution in [3.63, 3.8) is 0 Å². The summed E-state index contributed by atoms with van der Waals surface area (Å²) in [6.45, 7) is 1.69. The Morgan fingerprint density at radius 2 is 2.05 bits per heavy atom. The Balaban J connectivity index is 2.35. The highest BCUT2D eigenvalue weighted by molar-refractivity contribution is 7.89. The van der Waals surface area contributed by atoms with Crippen LogP contribution in [0.5, 0.6) is 0 Å². The Kier molecular flexibility index (Phi) is 4.15. The van der Waals surface area contributed by atoms with E-state index >= 15 is 0 Å². The van der Waals surface area contributed by atoms with E-state index in [1.807, 2.05) is 0 Å². The number of aryl methyl sites for hydroxylation is 1. The van der Waals surface area contributed by atoms with Gasteiger partial charge in [0.1, 0.15) is 5.76 Å². The molecule has 0 aliphatic heterocycles. The fourth-order valence-corrected chi connectivity index (χ4v) is 3.04. The second-order valence-electron chi connectivity index (χ2n) is 4.62. The van der Waals surface area contributed by atoms with Crippen molar-refractivity contribution in [2.24, 2.45) is 0 Å². The molecule has 7 heteroatoms. The van der Waals surface area contributed by atoms with Crippen LogP contribution < -0.4 is 0 Å². The Bertz CT molecular complexity index is 750. The summed E-state index contributed by atoms with van der Waals surface area (Å²) in [5, 5.41) is 9.08. The van der Waals surface area contributed by atoms with Gasteiger partial charge < -0.3 is 9.52 Å². The maximum atomic E-state index is 12.4. The van der Waals surface area contributed by atoms with E-state index in [0.717, 1.165) is 4.31 Å². The molecule has 0 saturated heterocycles. The molecule has 0 spiro atoms. The lowest BCUT2D eigenvalue weighted by Crippen LogP contribution is -2.26. The van der Waals surface area contributed by atoms with Crippen molar-refractivity contribution in [1.29, 1.82) is 0 Å². The number of carbonyl (C=O) groups is 1. The minimum Gasteiger partial charge on any atom is -0.478 e. The topological polar surface area (TPSA) is 87.8 Å². The molecule has 0 amide bonds. The first-order valence-corrected chi connectivity index (χ1v) is 7.59. The van der Waals surface area contributed by atoms with E-state index in [1.165, 1.54) is 31.5 Å². The number of carboxylic acid groups (broad SMARTS) is 1. The Morgan fingerprint density at radius 3 is 2.62 bits per heavy atom. The van der Waals surface area contributed by atoms with Crippen LogP contribution in [-0.4, -0.2) is 30.8 Å². The second-order valence-corrected chi connectivity index (χ2v) is 6.67. The zero-order valence-electron chi connectivity index (χ0n) is 11.6. The molecule has 1 aromatic heterocycles. The molecule has 0 aliphatic rings. The fourth-order valence-electron chi connectivity index (χ4n) is 1.88. The SMILES string of the molecule is Cc1ccc(S(=O)(=O)N(C)Cc2ccco2)cc1C(=O)O. The molecule has 112 valence electrons. The molecule has 0 bridgehead atoms. The smallest absolute Gasteiger partial charge is 0.335 e. The van der Waals surface area contributed by atoms with Crippen molar-refractivity contribution >= 4 is 16.0 Å². The van der Waals surface area contributed by atoms with Crippen LogP contribution in [0, 0.1) is 6.92 Å². The average molecular weight is 309 g/mol. The van der Waals surface area contributed by atoms with Gasteiger partial charge in [0.25, 0.3) is 0 Å².